The Bertz CT molecular complexity index is 639. The Morgan fingerprint density at radius 2 is 2.24 bits per heavy atom. The highest BCUT2D eigenvalue weighted by molar-refractivity contribution is 5.35. The first-order valence-corrected chi connectivity index (χ1v) is 6.50. The third kappa shape index (κ3) is 4.03. The Morgan fingerprint density at radius 3 is 2.86 bits per heavy atom. The summed E-state index contributed by atoms with van der Waals surface area (Å²) < 4.78 is 6.88. The molecule has 1 unspecified atom stereocenters. The van der Waals surface area contributed by atoms with Crippen molar-refractivity contribution in [2.45, 2.75) is 26.5 Å². The number of rotatable bonds is 6. The fourth-order valence-electron chi connectivity index (χ4n) is 1.96. The second-order valence-electron chi connectivity index (χ2n) is 4.91. The third-order valence-corrected chi connectivity index (χ3v) is 2.99. The van der Waals surface area contributed by atoms with E-state index in [-0.39, 0.29) is 18.8 Å². The van der Waals surface area contributed by atoms with Gasteiger partial charge in [0.2, 0.25) is 0 Å². The lowest BCUT2D eigenvalue weighted by atomic mass is 10.1. The standard InChI is InChI=1S/C14H17N3O4/c1-10-3-4-14(11(2)5-10)21-9-13(18)8-16-7-12(6-15-16)17(19)20/h3-7,13,18H,8-9H2,1-2H3. The van der Waals surface area contributed by atoms with Crippen LogP contribution in [0, 0.1) is 24.0 Å². The minimum Gasteiger partial charge on any atom is -0.491 e. The topological polar surface area (TPSA) is 90.4 Å². The third-order valence-electron chi connectivity index (χ3n) is 2.99. The molecule has 0 spiro atoms. The number of ether oxygens (including phenoxy) is 1. The van der Waals surface area contributed by atoms with Gasteiger partial charge in [-0.15, -0.1) is 0 Å². The minimum atomic E-state index is -0.801. The Hall–Kier alpha value is -2.41. The molecular weight excluding hydrogens is 274 g/mol. The Labute approximate surface area is 121 Å². The van der Waals surface area contributed by atoms with Gasteiger partial charge in [0, 0.05) is 0 Å². The molecule has 1 heterocycles. The van der Waals surface area contributed by atoms with Crippen LogP contribution in [0.5, 0.6) is 5.75 Å². The maximum atomic E-state index is 10.5. The van der Waals surface area contributed by atoms with E-state index in [9.17, 15) is 15.2 Å². The molecule has 1 atom stereocenters. The molecule has 0 aliphatic rings. The molecule has 2 rings (SSSR count). The van der Waals surface area contributed by atoms with Crippen molar-refractivity contribution < 1.29 is 14.8 Å². The normalized spacial score (nSPS) is 12.1. The fourth-order valence-corrected chi connectivity index (χ4v) is 1.96. The number of aliphatic hydroxyl groups excluding tert-OH is 1. The molecule has 1 aromatic heterocycles. The molecule has 1 N–H and O–H groups in total. The lowest BCUT2D eigenvalue weighted by Crippen LogP contribution is -2.24. The lowest BCUT2D eigenvalue weighted by molar-refractivity contribution is -0.385. The van der Waals surface area contributed by atoms with E-state index in [0.717, 1.165) is 17.3 Å². The summed E-state index contributed by atoms with van der Waals surface area (Å²) in [6.45, 7) is 4.16. The van der Waals surface area contributed by atoms with Crippen LogP contribution in [0.15, 0.2) is 30.6 Å². The molecule has 0 saturated carbocycles. The maximum absolute atomic E-state index is 10.5. The summed E-state index contributed by atoms with van der Waals surface area (Å²) in [7, 11) is 0. The fraction of sp³-hybridized carbons (Fsp3) is 0.357. The monoisotopic (exact) mass is 291 g/mol. The van der Waals surface area contributed by atoms with Gasteiger partial charge >= 0.3 is 5.69 Å². The van der Waals surface area contributed by atoms with E-state index in [1.165, 1.54) is 10.9 Å². The molecule has 0 bridgehead atoms. The summed E-state index contributed by atoms with van der Waals surface area (Å²) in [4.78, 5) is 10.0. The number of nitro groups is 1. The van der Waals surface area contributed by atoms with Crippen molar-refractivity contribution in [3.63, 3.8) is 0 Å². The van der Waals surface area contributed by atoms with Gasteiger partial charge in [-0.2, -0.15) is 5.10 Å². The zero-order valence-corrected chi connectivity index (χ0v) is 11.9. The summed E-state index contributed by atoms with van der Waals surface area (Å²) in [6.07, 6.45) is 1.63. The molecule has 0 aliphatic heterocycles. The van der Waals surface area contributed by atoms with Gasteiger partial charge in [0.15, 0.2) is 0 Å². The second kappa shape index (κ2) is 6.36. The molecule has 7 heteroatoms. The zero-order valence-electron chi connectivity index (χ0n) is 11.9. The van der Waals surface area contributed by atoms with Crippen LogP contribution in [0.2, 0.25) is 0 Å². The predicted molar refractivity (Wildman–Crippen MR) is 76.3 cm³/mol. The SMILES string of the molecule is Cc1ccc(OCC(O)Cn2cc([N+](=O)[O-])cn2)c(C)c1. The van der Waals surface area contributed by atoms with Crippen LogP contribution in [0.3, 0.4) is 0 Å². The summed E-state index contributed by atoms with van der Waals surface area (Å²) in [5.74, 6) is 0.714. The van der Waals surface area contributed by atoms with Gasteiger partial charge in [-0.1, -0.05) is 17.7 Å². The van der Waals surface area contributed by atoms with Gasteiger partial charge in [-0.3, -0.25) is 14.8 Å². The first-order valence-electron chi connectivity index (χ1n) is 6.50. The summed E-state index contributed by atoms with van der Waals surface area (Å²) >= 11 is 0. The molecule has 0 aliphatic carbocycles. The summed E-state index contributed by atoms with van der Waals surface area (Å²) in [5.41, 5.74) is 2.04. The van der Waals surface area contributed by atoms with Crippen LogP contribution >= 0.6 is 0 Å². The average Bonchev–Trinajstić information content (AvgIpc) is 2.86. The number of aromatic nitrogens is 2. The number of benzene rings is 1. The van der Waals surface area contributed by atoms with Gasteiger partial charge < -0.3 is 9.84 Å². The highest BCUT2D eigenvalue weighted by Crippen LogP contribution is 2.19. The quantitative estimate of drug-likeness (QED) is 0.648. The van der Waals surface area contributed by atoms with Crippen LogP contribution in [0.1, 0.15) is 11.1 Å². The smallest absolute Gasteiger partial charge is 0.306 e. The number of nitrogens with zero attached hydrogens (tertiary/aromatic N) is 3. The number of hydrogen-bond acceptors (Lipinski definition) is 5. The van der Waals surface area contributed by atoms with Crippen LogP contribution < -0.4 is 4.74 Å². The van der Waals surface area contributed by atoms with Gasteiger partial charge in [0.1, 0.15) is 30.9 Å². The number of hydrogen-bond donors (Lipinski definition) is 1. The summed E-state index contributed by atoms with van der Waals surface area (Å²) in [6, 6.07) is 5.79. The zero-order chi connectivity index (χ0) is 15.4. The van der Waals surface area contributed by atoms with E-state index in [1.54, 1.807) is 0 Å². The Morgan fingerprint density at radius 1 is 1.48 bits per heavy atom. The van der Waals surface area contributed by atoms with Gasteiger partial charge in [-0.05, 0) is 25.5 Å². The van der Waals surface area contributed by atoms with Crippen molar-refractivity contribution in [3.05, 3.63) is 51.8 Å². The van der Waals surface area contributed by atoms with E-state index in [4.69, 9.17) is 4.74 Å². The average molecular weight is 291 g/mol. The molecule has 21 heavy (non-hydrogen) atoms. The highest BCUT2D eigenvalue weighted by atomic mass is 16.6. The van der Waals surface area contributed by atoms with Crippen molar-refractivity contribution >= 4 is 5.69 Å². The number of aryl methyl sites for hydroxylation is 2. The van der Waals surface area contributed by atoms with Crippen molar-refractivity contribution in [2.75, 3.05) is 6.61 Å². The predicted octanol–water partition coefficient (Wildman–Crippen LogP) is 1.85. The number of aliphatic hydroxyl groups is 1. The Balaban J connectivity index is 1.89. The van der Waals surface area contributed by atoms with E-state index in [0.29, 0.717) is 5.75 Å². The van der Waals surface area contributed by atoms with Crippen LogP contribution in [0.25, 0.3) is 0 Å². The largest absolute Gasteiger partial charge is 0.491 e. The van der Waals surface area contributed by atoms with Crippen LogP contribution in [-0.2, 0) is 6.54 Å². The molecular formula is C14H17N3O4. The second-order valence-corrected chi connectivity index (χ2v) is 4.91. The van der Waals surface area contributed by atoms with Crippen molar-refractivity contribution in [2.24, 2.45) is 0 Å². The van der Waals surface area contributed by atoms with E-state index < -0.39 is 11.0 Å². The lowest BCUT2D eigenvalue weighted by Gasteiger charge is -2.14. The molecule has 0 saturated heterocycles. The first kappa shape index (κ1) is 15.0. The molecule has 1 aromatic carbocycles. The molecule has 2 aromatic rings. The van der Waals surface area contributed by atoms with E-state index >= 15 is 0 Å². The van der Waals surface area contributed by atoms with Crippen molar-refractivity contribution in [1.29, 1.82) is 0 Å². The molecule has 0 fully saturated rings. The van der Waals surface area contributed by atoms with Crippen LogP contribution in [0.4, 0.5) is 5.69 Å². The van der Waals surface area contributed by atoms with Gasteiger partial charge in [0.25, 0.3) is 0 Å². The molecule has 7 nitrogen and oxygen atoms in total. The molecule has 0 amide bonds. The first-order chi connectivity index (χ1) is 9.95. The van der Waals surface area contributed by atoms with Gasteiger partial charge in [-0.25, -0.2) is 0 Å². The molecule has 0 radical (unpaired) electrons. The van der Waals surface area contributed by atoms with Gasteiger partial charge in [0.05, 0.1) is 11.5 Å². The van der Waals surface area contributed by atoms with Crippen molar-refractivity contribution in [3.8, 4) is 5.75 Å². The molecule has 112 valence electrons. The van der Waals surface area contributed by atoms with Crippen LogP contribution in [-0.4, -0.2) is 32.5 Å². The van der Waals surface area contributed by atoms with Crippen molar-refractivity contribution in [1.82, 2.24) is 9.78 Å². The summed E-state index contributed by atoms with van der Waals surface area (Å²) in [5, 5.41) is 24.3. The highest BCUT2D eigenvalue weighted by Gasteiger charge is 2.12. The van der Waals surface area contributed by atoms with E-state index in [1.807, 2.05) is 32.0 Å². The van der Waals surface area contributed by atoms with E-state index in [2.05, 4.69) is 5.10 Å². The Kier molecular flexibility index (Phi) is 4.54. The minimum absolute atomic E-state index is 0.0948. The maximum Gasteiger partial charge on any atom is 0.306 e.